The smallest absolute Gasteiger partial charge is 0.245 e. The first-order valence-electron chi connectivity index (χ1n) is 16.5. The minimum Gasteiger partial charge on any atom is -0.342 e. The van der Waals surface area contributed by atoms with Gasteiger partial charge >= 0.3 is 0 Å². The molecule has 3 fully saturated rings. The highest BCUT2D eigenvalue weighted by Gasteiger charge is 2.34. The Morgan fingerprint density at radius 2 is 1.32 bits per heavy atom. The molecule has 2 nitrogen and oxygen atoms in total. The maximum atomic E-state index is 11.6. The number of nitrogens with zero attached hydrogens (tertiary/aromatic N) is 1. The van der Waals surface area contributed by atoms with E-state index in [4.69, 9.17) is 0 Å². The van der Waals surface area contributed by atoms with Crippen LogP contribution >= 0.6 is 0 Å². The third kappa shape index (κ3) is 8.46. The summed E-state index contributed by atoms with van der Waals surface area (Å²) in [4.78, 5) is 13.4. The molecule has 4 rings (SSSR count). The lowest BCUT2D eigenvalue weighted by molar-refractivity contribution is -0.124. The van der Waals surface area contributed by atoms with Crippen LogP contribution in [0.1, 0.15) is 133 Å². The highest BCUT2D eigenvalue weighted by atomic mass is 16.2. The van der Waals surface area contributed by atoms with Crippen LogP contribution in [0.4, 0.5) is 0 Å². The fraction of sp³-hybridized carbons (Fsp3) is 0.750. The van der Waals surface area contributed by atoms with Gasteiger partial charge in [0.25, 0.3) is 0 Å². The first-order valence-corrected chi connectivity index (χ1v) is 16.5. The Labute approximate surface area is 235 Å². The van der Waals surface area contributed by atoms with E-state index in [-0.39, 0.29) is 5.91 Å². The summed E-state index contributed by atoms with van der Waals surface area (Å²) in [6, 6.07) is 9.44. The molecular weight excluding hydrogens is 462 g/mol. The second kappa shape index (κ2) is 15.3. The van der Waals surface area contributed by atoms with Crippen LogP contribution in [0.3, 0.4) is 0 Å². The first-order chi connectivity index (χ1) is 18.6. The highest BCUT2D eigenvalue weighted by molar-refractivity contribution is 5.86. The van der Waals surface area contributed by atoms with Gasteiger partial charge in [-0.2, -0.15) is 0 Å². The summed E-state index contributed by atoms with van der Waals surface area (Å²) in [5, 5.41) is 0. The Hall–Kier alpha value is -1.57. The Bertz CT molecular complexity index is 819. The molecule has 1 aromatic rings. The van der Waals surface area contributed by atoms with E-state index in [2.05, 4.69) is 37.8 Å². The summed E-state index contributed by atoms with van der Waals surface area (Å²) >= 11 is 0. The van der Waals surface area contributed by atoms with Crippen LogP contribution in [-0.4, -0.2) is 24.4 Å². The molecule has 0 bridgehead atoms. The average Bonchev–Trinajstić information content (AvgIpc) is 2.98. The van der Waals surface area contributed by atoms with Gasteiger partial charge in [-0.1, -0.05) is 76.3 Å². The van der Waals surface area contributed by atoms with Crippen LogP contribution in [-0.2, 0) is 11.2 Å². The average molecular weight is 520 g/mol. The zero-order valence-electron chi connectivity index (χ0n) is 24.8. The summed E-state index contributed by atoms with van der Waals surface area (Å²) in [6.07, 6.45) is 27.2. The van der Waals surface area contributed by atoms with Crippen molar-refractivity contribution in [2.45, 2.75) is 128 Å². The van der Waals surface area contributed by atoms with Gasteiger partial charge in [0.15, 0.2) is 0 Å². The van der Waals surface area contributed by atoms with Gasteiger partial charge in [0, 0.05) is 13.6 Å². The number of hydrogen-bond acceptors (Lipinski definition) is 1. The molecule has 1 aromatic carbocycles. The van der Waals surface area contributed by atoms with Crippen molar-refractivity contribution in [1.82, 2.24) is 4.90 Å². The molecule has 0 radical (unpaired) electrons. The fourth-order valence-corrected chi connectivity index (χ4v) is 8.39. The third-order valence-electron chi connectivity index (χ3n) is 11.0. The van der Waals surface area contributed by atoms with Crippen molar-refractivity contribution in [3.63, 3.8) is 0 Å². The van der Waals surface area contributed by atoms with Crippen LogP contribution in [0, 0.1) is 29.6 Å². The standard InChI is InChI=1S/C36H57NO/c1-4-6-7-9-28-11-15-30(16-12-28)32-19-23-34(24-20-32)35-25-21-33(22-26-35)31-17-13-29(14-18-31)10-8-27-37(3)36(38)5-2/h5,13-14,17-18,28,30,32-35H,2,4,6-12,15-16,19-27H2,1,3H3. The molecule has 0 saturated heterocycles. The topological polar surface area (TPSA) is 20.3 Å². The zero-order valence-corrected chi connectivity index (χ0v) is 24.8. The molecule has 3 aliphatic carbocycles. The van der Waals surface area contributed by atoms with E-state index < -0.39 is 0 Å². The van der Waals surface area contributed by atoms with Gasteiger partial charge in [-0.05, 0) is 130 Å². The van der Waals surface area contributed by atoms with Crippen molar-refractivity contribution >= 4 is 5.91 Å². The second-order valence-corrected chi connectivity index (χ2v) is 13.4. The van der Waals surface area contributed by atoms with Gasteiger partial charge in [-0.15, -0.1) is 0 Å². The molecule has 0 aromatic heterocycles. The van der Waals surface area contributed by atoms with Gasteiger partial charge in [-0.3, -0.25) is 4.79 Å². The molecule has 1 amide bonds. The van der Waals surface area contributed by atoms with Gasteiger partial charge in [0.2, 0.25) is 5.91 Å². The summed E-state index contributed by atoms with van der Waals surface area (Å²) in [5.41, 5.74) is 2.95. The fourth-order valence-electron chi connectivity index (χ4n) is 8.39. The number of hydrogen-bond donors (Lipinski definition) is 0. The highest BCUT2D eigenvalue weighted by Crippen LogP contribution is 2.47. The Morgan fingerprint density at radius 1 is 0.789 bits per heavy atom. The Morgan fingerprint density at radius 3 is 1.84 bits per heavy atom. The van der Waals surface area contributed by atoms with Crippen LogP contribution in [0.15, 0.2) is 36.9 Å². The van der Waals surface area contributed by atoms with Crippen molar-refractivity contribution in [1.29, 1.82) is 0 Å². The maximum Gasteiger partial charge on any atom is 0.245 e. The molecular formula is C36H57NO. The quantitative estimate of drug-likeness (QED) is 0.199. The molecule has 2 heteroatoms. The Balaban J connectivity index is 1.12. The van der Waals surface area contributed by atoms with Crippen LogP contribution in [0.5, 0.6) is 0 Å². The van der Waals surface area contributed by atoms with Gasteiger partial charge in [0.1, 0.15) is 0 Å². The van der Waals surface area contributed by atoms with E-state index in [1.165, 1.54) is 102 Å². The number of benzene rings is 1. The molecule has 0 N–H and O–H groups in total. The lowest BCUT2D eigenvalue weighted by Gasteiger charge is -2.41. The summed E-state index contributed by atoms with van der Waals surface area (Å²) < 4.78 is 0. The maximum absolute atomic E-state index is 11.6. The molecule has 38 heavy (non-hydrogen) atoms. The summed E-state index contributed by atoms with van der Waals surface area (Å²) in [7, 11) is 1.86. The molecule has 212 valence electrons. The minimum absolute atomic E-state index is 0.0133. The third-order valence-corrected chi connectivity index (χ3v) is 11.0. The van der Waals surface area contributed by atoms with Gasteiger partial charge in [0.05, 0.1) is 0 Å². The summed E-state index contributed by atoms with van der Waals surface area (Å²) in [5.74, 6) is 5.97. The number of amides is 1. The minimum atomic E-state index is 0.0133. The zero-order chi connectivity index (χ0) is 26.7. The van der Waals surface area contributed by atoms with E-state index in [1.54, 1.807) is 23.3 Å². The van der Waals surface area contributed by atoms with Crippen molar-refractivity contribution in [3.05, 3.63) is 48.0 Å². The number of aryl methyl sites for hydroxylation is 1. The van der Waals surface area contributed by atoms with E-state index in [1.807, 2.05) is 7.05 Å². The monoisotopic (exact) mass is 519 g/mol. The van der Waals surface area contributed by atoms with Crippen molar-refractivity contribution < 1.29 is 4.79 Å². The van der Waals surface area contributed by atoms with E-state index in [0.29, 0.717) is 0 Å². The molecule has 0 spiro atoms. The van der Waals surface area contributed by atoms with Crippen LogP contribution in [0.25, 0.3) is 0 Å². The van der Waals surface area contributed by atoms with Gasteiger partial charge in [-0.25, -0.2) is 0 Å². The van der Waals surface area contributed by atoms with Crippen molar-refractivity contribution in [2.75, 3.05) is 13.6 Å². The molecule has 0 atom stereocenters. The van der Waals surface area contributed by atoms with Crippen LogP contribution in [0.2, 0.25) is 0 Å². The lowest BCUT2D eigenvalue weighted by Crippen LogP contribution is -2.29. The first kappa shape index (κ1) is 29.4. The number of unbranched alkanes of at least 4 members (excludes halogenated alkanes) is 2. The molecule has 3 aliphatic rings. The normalized spacial score (nSPS) is 30.1. The molecule has 0 heterocycles. The Kier molecular flexibility index (Phi) is 11.8. The lowest BCUT2D eigenvalue weighted by atomic mass is 9.64. The van der Waals surface area contributed by atoms with E-state index >= 15 is 0 Å². The number of likely N-dealkylation sites (N-methyl/N-ethyl adjacent to an activating group) is 1. The number of carbonyl (C=O) groups excluding carboxylic acids is 1. The van der Waals surface area contributed by atoms with Crippen molar-refractivity contribution in [3.8, 4) is 0 Å². The van der Waals surface area contributed by atoms with Gasteiger partial charge < -0.3 is 4.90 Å². The van der Waals surface area contributed by atoms with Crippen LogP contribution < -0.4 is 0 Å². The summed E-state index contributed by atoms with van der Waals surface area (Å²) in [6.45, 7) is 6.70. The SMILES string of the molecule is C=CC(=O)N(C)CCCc1ccc(C2CCC(C3CCC(C4CCC(CCCCC)CC4)CC3)CC2)cc1. The molecule has 0 aliphatic heterocycles. The van der Waals surface area contributed by atoms with E-state index in [0.717, 1.165) is 54.9 Å². The molecule has 0 unspecified atom stereocenters. The number of rotatable bonds is 12. The molecule has 3 saturated carbocycles. The predicted molar refractivity (Wildman–Crippen MR) is 162 cm³/mol. The second-order valence-electron chi connectivity index (χ2n) is 13.4. The predicted octanol–water partition coefficient (Wildman–Crippen LogP) is 9.73. The largest absolute Gasteiger partial charge is 0.342 e. The number of carbonyl (C=O) groups is 1. The van der Waals surface area contributed by atoms with Crippen molar-refractivity contribution in [2.24, 2.45) is 29.6 Å². The van der Waals surface area contributed by atoms with E-state index in [9.17, 15) is 4.79 Å².